The van der Waals surface area contributed by atoms with E-state index in [0.717, 1.165) is 6.42 Å². The van der Waals surface area contributed by atoms with Crippen LogP contribution in [0.4, 0.5) is 0 Å². The molecule has 0 aromatic rings. The minimum Gasteiger partial charge on any atom is -0.0649 e. The lowest BCUT2D eigenvalue weighted by molar-refractivity contribution is 0.287. The zero-order chi connectivity index (χ0) is 6.74. The normalized spacial score (nSPS) is 24.7. The Kier molecular flexibility index (Phi) is 2.15. The van der Waals surface area contributed by atoms with E-state index in [9.17, 15) is 0 Å². The average Bonchev–Trinajstić information content (AvgIpc) is 2.36. The van der Waals surface area contributed by atoms with E-state index in [1.54, 1.807) is 0 Å². The molecule has 0 atom stereocenters. The van der Waals surface area contributed by atoms with Gasteiger partial charge in [0.25, 0.3) is 0 Å². The second kappa shape index (κ2) is 2.72. The molecule has 1 rings (SSSR count). The zero-order valence-corrected chi connectivity index (χ0v) is 6.45. The monoisotopic (exact) mass is 125 g/mol. The van der Waals surface area contributed by atoms with Crippen molar-refractivity contribution in [2.24, 2.45) is 5.41 Å². The molecule has 0 aromatic carbocycles. The van der Waals surface area contributed by atoms with Crippen molar-refractivity contribution in [3.05, 3.63) is 6.92 Å². The Morgan fingerprint density at radius 2 is 1.89 bits per heavy atom. The number of hydrogen-bond donors (Lipinski definition) is 0. The Balaban J connectivity index is 2.45. The molecule has 0 aliphatic heterocycles. The predicted molar refractivity (Wildman–Crippen MR) is 41.2 cm³/mol. The molecule has 0 bridgehead atoms. The molecule has 0 spiro atoms. The van der Waals surface area contributed by atoms with Crippen LogP contribution in [-0.2, 0) is 0 Å². The maximum Gasteiger partial charge on any atom is -0.0300 e. The van der Waals surface area contributed by atoms with E-state index in [1.807, 2.05) is 0 Å². The maximum absolute atomic E-state index is 4.01. The first-order valence-corrected chi connectivity index (χ1v) is 4.12. The molecular weight excluding hydrogens is 108 g/mol. The second-order valence-corrected chi connectivity index (χ2v) is 3.31. The van der Waals surface area contributed by atoms with E-state index in [4.69, 9.17) is 0 Å². The first kappa shape index (κ1) is 7.11. The molecule has 0 unspecified atom stereocenters. The maximum atomic E-state index is 4.01. The van der Waals surface area contributed by atoms with E-state index in [0.29, 0.717) is 5.41 Å². The van der Waals surface area contributed by atoms with Crippen molar-refractivity contribution >= 4 is 0 Å². The number of rotatable bonds is 2. The van der Waals surface area contributed by atoms with Crippen LogP contribution in [0.2, 0.25) is 0 Å². The summed E-state index contributed by atoms with van der Waals surface area (Å²) in [7, 11) is 0. The fraction of sp³-hybridized carbons (Fsp3) is 0.889. The van der Waals surface area contributed by atoms with Gasteiger partial charge in [-0.3, -0.25) is 0 Å². The van der Waals surface area contributed by atoms with Gasteiger partial charge in [0.2, 0.25) is 0 Å². The van der Waals surface area contributed by atoms with Gasteiger partial charge < -0.3 is 0 Å². The van der Waals surface area contributed by atoms with Gasteiger partial charge in [0, 0.05) is 0 Å². The van der Waals surface area contributed by atoms with Crippen molar-refractivity contribution in [3.63, 3.8) is 0 Å². The van der Waals surface area contributed by atoms with Crippen LogP contribution in [0.25, 0.3) is 0 Å². The first-order valence-electron chi connectivity index (χ1n) is 4.12. The Morgan fingerprint density at radius 1 is 1.33 bits per heavy atom. The third kappa shape index (κ3) is 1.28. The summed E-state index contributed by atoms with van der Waals surface area (Å²) >= 11 is 0. The highest BCUT2D eigenvalue weighted by molar-refractivity contribution is 4.83. The summed E-state index contributed by atoms with van der Waals surface area (Å²) in [5.74, 6) is 0. The SMILES string of the molecule is [CH2]CC1(CC)CCCC1. The van der Waals surface area contributed by atoms with Crippen LogP contribution in [0.1, 0.15) is 45.4 Å². The molecule has 0 amide bonds. The van der Waals surface area contributed by atoms with Crippen LogP contribution in [0.3, 0.4) is 0 Å². The Morgan fingerprint density at radius 3 is 2.11 bits per heavy atom. The van der Waals surface area contributed by atoms with Crippen molar-refractivity contribution in [2.45, 2.75) is 45.4 Å². The highest BCUT2D eigenvalue weighted by Gasteiger charge is 2.29. The smallest absolute Gasteiger partial charge is 0.0300 e. The Hall–Kier alpha value is 0. The van der Waals surface area contributed by atoms with E-state index in [1.165, 1.54) is 32.1 Å². The van der Waals surface area contributed by atoms with Gasteiger partial charge in [-0.05, 0) is 24.7 Å². The molecule has 0 nitrogen and oxygen atoms in total. The lowest BCUT2D eigenvalue weighted by atomic mass is 9.81. The standard InChI is InChI=1S/C9H17/c1-3-9(4-2)7-5-6-8-9/h1,3-8H2,2H3. The van der Waals surface area contributed by atoms with Gasteiger partial charge in [-0.2, -0.15) is 0 Å². The lowest BCUT2D eigenvalue weighted by Crippen LogP contribution is -2.12. The zero-order valence-electron chi connectivity index (χ0n) is 6.45. The van der Waals surface area contributed by atoms with E-state index >= 15 is 0 Å². The second-order valence-electron chi connectivity index (χ2n) is 3.31. The van der Waals surface area contributed by atoms with Gasteiger partial charge in [-0.25, -0.2) is 0 Å². The van der Waals surface area contributed by atoms with Crippen molar-refractivity contribution < 1.29 is 0 Å². The molecule has 0 N–H and O–H groups in total. The van der Waals surface area contributed by atoms with Crippen molar-refractivity contribution in [1.82, 2.24) is 0 Å². The molecule has 1 saturated carbocycles. The summed E-state index contributed by atoms with van der Waals surface area (Å²) in [5, 5.41) is 0. The average molecular weight is 125 g/mol. The fourth-order valence-corrected chi connectivity index (χ4v) is 1.91. The molecule has 1 aliphatic carbocycles. The summed E-state index contributed by atoms with van der Waals surface area (Å²) in [6.07, 6.45) is 8.27. The highest BCUT2D eigenvalue weighted by Crippen LogP contribution is 2.43. The van der Waals surface area contributed by atoms with Gasteiger partial charge in [0.1, 0.15) is 0 Å². The van der Waals surface area contributed by atoms with Gasteiger partial charge in [0.05, 0.1) is 0 Å². The molecule has 53 valence electrons. The molecule has 0 heteroatoms. The topological polar surface area (TPSA) is 0 Å². The van der Waals surface area contributed by atoms with Gasteiger partial charge in [-0.15, -0.1) is 0 Å². The molecule has 0 heterocycles. The van der Waals surface area contributed by atoms with E-state index in [-0.39, 0.29) is 0 Å². The molecule has 1 aliphatic rings. The lowest BCUT2D eigenvalue weighted by Gasteiger charge is -2.24. The molecule has 1 radical (unpaired) electrons. The minimum atomic E-state index is 0.667. The highest BCUT2D eigenvalue weighted by atomic mass is 14.3. The molecule has 0 aromatic heterocycles. The van der Waals surface area contributed by atoms with Crippen LogP contribution in [-0.4, -0.2) is 0 Å². The summed E-state index contributed by atoms with van der Waals surface area (Å²) in [5.41, 5.74) is 0.667. The summed E-state index contributed by atoms with van der Waals surface area (Å²) in [6, 6.07) is 0. The first-order chi connectivity index (χ1) is 4.33. The van der Waals surface area contributed by atoms with Gasteiger partial charge in [-0.1, -0.05) is 33.1 Å². The van der Waals surface area contributed by atoms with Crippen LogP contribution in [0.5, 0.6) is 0 Å². The third-order valence-corrected chi connectivity index (χ3v) is 2.94. The Labute approximate surface area is 58.7 Å². The van der Waals surface area contributed by atoms with Crippen LogP contribution in [0.15, 0.2) is 0 Å². The van der Waals surface area contributed by atoms with Crippen molar-refractivity contribution in [2.75, 3.05) is 0 Å². The summed E-state index contributed by atoms with van der Waals surface area (Å²) in [6.45, 7) is 6.31. The Bertz CT molecular complexity index is 72.0. The van der Waals surface area contributed by atoms with Gasteiger partial charge in [0.15, 0.2) is 0 Å². The van der Waals surface area contributed by atoms with Crippen molar-refractivity contribution in [3.8, 4) is 0 Å². The summed E-state index contributed by atoms with van der Waals surface area (Å²) in [4.78, 5) is 0. The number of hydrogen-bond acceptors (Lipinski definition) is 0. The fourth-order valence-electron chi connectivity index (χ4n) is 1.91. The molecule has 1 fully saturated rings. The quantitative estimate of drug-likeness (QED) is 0.531. The molecular formula is C9H17. The molecule has 0 saturated heterocycles. The largest absolute Gasteiger partial charge is 0.0649 e. The predicted octanol–water partition coefficient (Wildman–Crippen LogP) is 3.18. The molecule has 9 heavy (non-hydrogen) atoms. The van der Waals surface area contributed by atoms with Crippen LogP contribution < -0.4 is 0 Å². The van der Waals surface area contributed by atoms with Crippen molar-refractivity contribution in [1.29, 1.82) is 0 Å². The van der Waals surface area contributed by atoms with Crippen LogP contribution >= 0.6 is 0 Å². The minimum absolute atomic E-state index is 0.667. The third-order valence-electron chi connectivity index (χ3n) is 2.94. The van der Waals surface area contributed by atoms with E-state index in [2.05, 4.69) is 13.8 Å². The summed E-state index contributed by atoms with van der Waals surface area (Å²) < 4.78 is 0. The van der Waals surface area contributed by atoms with Gasteiger partial charge >= 0.3 is 0 Å². The van der Waals surface area contributed by atoms with E-state index < -0.39 is 0 Å². The van der Waals surface area contributed by atoms with Crippen LogP contribution in [0, 0.1) is 12.3 Å².